The van der Waals surface area contributed by atoms with Crippen molar-refractivity contribution in [2.24, 2.45) is 0 Å². The molecule has 0 atom stereocenters. The summed E-state index contributed by atoms with van der Waals surface area (Å²) >= 11 is 0. The number of ketones is 1. The lowest BCUT2D eigenvalue weighted by Crippen LogP contribution is -2.25. The summed E-state index contributed by atoms with van der Waals surface area (Å²) in [6.07, 6.45) is 1.66. The summed E-state index contributed by atoms with van der Waals surface area (Å²) in [5.74, 6) is -0.796. The van der Waals surface area contributed by atoms with Crippen molar-refractivity contribution in [2.75, 3.05) is 11.9 Å². The van der Waals surface area contributed by atoms with Crippen LogP contribution in [-0.2, 0) is 24.2 Å². The number of anilines is 1. The number of nitrogens with one attached hydrogen (secondary N) is 2. The van der Waals surface area contributed by atoms with Crippen molar-refractivity contribution in [1.82, 2.24) is 5.32 Å². The minimum Gasteiger partial charge on any atom is -0.324 e. The largest absolute Gasteiger partial charge is 0.324 e. The zero-order valence-electron chi connectivity index (χ0n) is 15.3. The second-order valence-corrected chi connectivity index (χ2v) is 6.51. The molecule has 0 saturated heterocycles. The number of aryl methyl sites for hydroxylation is 1. The minimum atomic E-state index is -0.362. The Kier molecular flexibility index (Phi) is 7.51. The van der Waals surface area contributed by atoms with Gasteiger partial charge in [0.2, 0.25) is 5.91 Å². The third-order valence-electron chi connectivity index (χ3n) is 4.74. The Bertz CT molecular complexity index is 822. The molecule has 3 rings (SSSR count). The maximum Gasteiger partial charge on any atom is 0.224 e. The van der Waals surface area contributed by atoms with Gasteiger partial charge in [-0.05, 0) is 42.1 Å². The van der Waals surface area contributed by atoms with Crippen LogP contribution in [0.15, 0.2) is 36.4 Å². The summed E-state index contributed by atoms with van der Waals surface area (Å²) in [5, 5.41) is 5.79. The Balaban J connectivity index is 0.00000261. The van der Waals surface area contributed by atoms with Crippen LogP contribution in [0.4, 0.5) is 10.1 Å². The number of halogens is 2. The molecule has 2 N–H and O–H groups in total. The molecule has 0 bridgehead atoms. The smallest absolute Gasteiger partial charge is 0.224 e. The molecule has 1 aliphatic heterocycles. The van der Waals surface area contributed by atoms with E-state index in [0.29, 0.717) is 24.1 Å². The van der Waals surface area contributed by atoms with Crippen LogP contribution in [0.3, 0.4) is 0 Å². The van der Waals surface area contributed by atoms with E-state index in [1.807, 2.05) is 18.2 Å². The topological polar surface area (TPSA) is 58.2 Å². The Hall–Kier alpha value is -2.24. The number of fused-ring (bicyclic) bond motifs is 1. The lowest BCUT2D eigenvalue weighted by Gasteiger charge is -2.19. The fourth-order valence-corrected chi connectivity index (χ4v) is 3.14. The molecule has 6 heteroatoms. The van der Waals surface area contributed by atoms with Crippen LogP contribution in [-0.4, -0.2) is 18.2 Å². The number of carbonyl (C=O) groups is 2. The highest BCUT2D eigenvalue weighted by Gasteiger charge is 2.18. The van der Waals surface area contributed by atoms with Gasteiger partial charge in [0, 0.05) is 24.9 Å². The van der Waals surface area contributed by atoms with Crippen LogP contribution < -0.4 is 10.6 Å². The van der Waals surface area contributed by atoms with E-state index >= 15 is 0 Å². The Morgan fingerprint density at radius 2 is 1.85 bits per heavy atom. The van der Waals surface area contributed by atoms with Crippen molar-refractivity contribution in [3.05, 3.63) is 64.5 Å². The third-order valence-corrected chi connectivity index (χ3v) is 4.74. The molecule has 0 saturated carbocycles. The molecule has 2 aromatic carbocycles. The quantitative estimate of drug-likeness (QED) is 0.731. The molecular weight excluding hydrogens is 367 g/mol. The highest BCUT2D eigenvalue weighted by atomic mass is 35.5. The number of hydrogen-bond acceptors (Lipinski definition) is 3. The average molecular weight is 391 g/mol. The van der Waals surface area contributed by atoms with Crippen molar-refractivity contribution in [3.8, 4) is 0 Å². The molecule has 1 amide bonds. The summed E-state index contributed by atoms with van der Waals surface area (Å²) in [4.78, 5) is 24.3. The highest BCUT2D eigenvalue weighted by Crippen LogP contribution is 2.24. The van der Waals surface area contributed by atoms with Crippen molar-refractivity contribution in [3.63, 3.8) is 0 Å². The van der Waals surface area contributed by atoms with Gasteiger partial charge in [-0.1, -0.05) is 37.3 Å². The second kappa shape index (κ2) is 9.62. The first-order valence-electron chi connectivity index (χ1n) is 9.01. The van der Waals surface area contributed by atoms with E-state index in [4.69, 9.17) is 0 Å². The molecule has 0 radical (unpaired) electrons. The van der Waals surface area contributed by atoms with Gasteiger partial charge in [0.05, 0.1) is 5.69 Å². The third kappa shape index (κ3) is 5.15. The van der Waals surface area contributed by atoms with Gasteiger partial charge in [0.15, 0.2) is 5.78 Å². The molecule has 1 aliphatic rings. The van der Waals surface area contributed by atoms with Crippen LogP contribution in [0.2, 0.25) is 0 Å². The van der Waals surface area contributed by atoms with E-state index in [0.717, 1.165) is 24.1 Å². The molecule has 0 spiro atoms. The highest BCUT2D eigenvalue weighted by molar-refractivity contribution is 6.00. The normalized spacial score (nSPS) is 12.7. The summed E-state index contributed by atoms with van der Waals surface area (Å²) < 4.78 is 14.5. The fourth-order valence-electron chi connectivity index (χ4n) is 3.14. The van der Waals surface area contributed by atoms with Gasteiger partial charge in [-0.3, -0.25) is 9.59 Å². The molecule has 0 aliphatic carbocycles. The summed E-state index contributed by atoms with van der Waals surface area (Å²) in [6.45, 7) is 3.43. The van der Waals surface area contributed by atoms with E-state index in [-0.39, 0.29) is 48.4 Å². The SMILES string of the molecule is CCc1ccc(C(=O)CCC(=O)Nc2ccc3c(c2F)CCNC3)cc1.Cl. The number of carbonyl (C=O) groups excluding carboxylic acids is 2. The minimum absolute atomic E-state index is 0. The summed E-state index contributed by atoms with van der Waals surface area (Å²) in [5.41, 5.74) is 3.54. The first-order valence-corrected chi connectivity index (χ1v) is 9.01. The van der Waals surface area contributed by atoms with Crippen LogP contribution in [0.5, 0.6) is 0 Å². The van der Waals surface area contributed by atoms with Crippen molar-refractivity contribution in [2.45, 2.75) is 39.2 Å². The predicted octanol–water partition coefficient (Wildman–Crippen LogP) is 4.06. The Labute approximate surface area is 165 Å². The van der Waals surface area contributed by atoms with Gasteiger partial charge in [0.25, 0.3) is 0 Å². The number of Topliss-reactive ketones (excluding diaryl/α,β-unsaturated/α-hetero) is 1. The van der Waals surface area contributed by atoms with Crippen LogP contribution in [0, 0.1) is 5.82 Å². The molecule has 2 aromatic rings. The van der Waals surface area contributed by atoms with E-state index in [1.54, 1.807) is 18.2 Å². The van der Waals surface area contributed by atoms with Gasteiger partial charge >= 0.3 is 0 Å². The van der Waals surface area contributed by atoms with Crippen LogP contribution in [0.1, 0.15) is 46.8 Å². The summed E-state index contributed by atoms with van der Waals surface area (Å²) in [7, 11) is 0. The zero-order chi connectivity index (χ0) is 18.5. The second-order valence-electron chi connectivity index (χ2n) is 6.51. The summed E-state index contributed by atoms with van der Waals surface area (Å²) in [6, 6.07) is 10.8. The Morgan fingerprint density at radius 1 is 1.11 bits per heavy atom. The molecule has 1 heterocycles. The van der Waals surface area contributed by atoms with E-state index in [1.165, 1.54) is 0 Å². The fraction of sp³-hybridized carbons (Fsp3) is 0.333. The van der Waals surface area contributed by atoms with Crippen molar-refractivity contribution < 1.29 is 14.0 Å². The monoisotopic (exact) mass is 390 g/mol. The van der Waals surface area contributed by atoms with Gasteiger partial charge < -0.3 is 10.6 Å². The van der Waals surface area contributed by atoms with Crippen molar-refractivity contribution in [1.29, 1.82) is 0 Å². The molecule has 0 aromatic heterocycles. The maximum absolute atomic E-state index is 14.5. The van der Waals surface area contributed by atoms with Crippen LogP contribution >= 0.6 is 12.4 Å². The lowest BCUT2D eigenvalue weighted by atomic mass is 9.99. The number of hydrogen-bond donors (Lipinski definition) is 2. The van der Waals surface area contributed by atoms with E-state index < -0.39 is 0 Å². The Morgan fingerprint density at radius 3 is 2.56 bits per heavy atom. The average Bonchev–Trinajstić information content (AvgIpc) is 2.68. The molecular formula is C21H24ClFN2O2. The van der Waals surface area contributed by atoms with E-state index in [9.17, 15) is 14.0 Å². The molecule has 0 fully saturated rings. The van der Waals surface area contributed by atoms with Crippen LogP contribution in [0.25, 0.3) is 0 Å². The number of amides is 1. The van der Waals surface area contributed by atoms with Gasteiger partial charge in [0.1, 0.15) is 5.82 Å². The lowest BCUT2D eigenvalue weighted by molar-refractivity contribution is -0.116. The molecule has 144 valence electrons. The number of benzene rings is 2. The maximum atomic E-state index is 14.5. The first kappa shape index (κ1) is 21.1. The van der Waals surface area contributed by atoms with Gasteiger partial charge in [-0.15, -0.1) is 12.4 Å². The van der Waals surface area contributed by atoms with E-state index in [2.05, 4.69) is 17.6 Å². The molecule has 4 nitrogen and oxygen atoms in total. The molecule has 27 heavy (non-hydrogen) atoms. The van der Waals surface area contributed by atoms with Gasteiger partial charge in [-0.2, -0.15) is 0 Å². The standard InChI is InChI=1S/C21H23FN2O2.ClH/c1-2-14-3-5-15(6-4-14)19(25)9-10-20(26)24-18-8-7-16-13-23-12-11-17(16)21(18)22;/h3-8,23H,2,9-13H2,1H3,(H,24,26);1H. The molecule has 0 unspecified atom stereocenters. The zero-order valence-corrected chi connectivity index (χ0v) is 16.1. The van der Waals surface area contributed by atoms with Crippen molar-refractivity contribution >= 4 is 29.8 Å². The number of rotatable bonds is 6. The van der Waals surface area contributed by atoms with Gasteiger partial charge in [-0.25, -0.2) is 4.39 Å². The first-order chi connectivity index (χ1) is 12.6. The predicted molar refractivity (Wildman–Crippen MR) is 107 cm³/mol.